The second-order valence-electron chi connectivity index (χ2n) is 11.0. The Hall–Kier alpha value is -3.33. The zero-order valence-corrected chi connectivity index (χ0v) is 23.1. The summed E-state index contributed by atoms with van der Waals surface area (Å²) in [6.07, 6.45) is -6.80. The molecule has 0 radical (unpaired) electrons. The largest absolute Gasteiger partial charge is 0.502 e. The number of esters is 1. The zero-order valence-electron chi connectivity index (χ0n) is 23.1. The van der Waals surface area contributed by atoms with E-state index in [0.29, 0.717) is 28.2 Å². The first-order valence-corrected chi connectivity index (χ1v) is 13.8. The molecule has 2 aromatic rings. The molecule has 3 N–H and O–H groups in total. The molecule has 0 aromatic heterocycles. The second kappa shape index (κ2) is 10.4. The molecule has 13 heteroatoms. The van der Waals surface area contributed by atoms with Crippen LogP contribution in [0.2, 0.25) is 0 Å². The van der Waals surface area contributed by atoms with Gasteiger partial charge in [-0.3, -0.25) is 4.79 Å². The van der Waals surface area contributed by atoms with E-state index in [-0.39, 0.29) is 37.3 Å². The van der Waals surface area contributed by atoms with E-state index < -0.39 is 66.8 Å². The van der Waals surface area contributed by atoms with E-state index in [1.807, 2.05) is 0 Å². The summed E-state index contributed by atoms with van der Waals surface area (Å²) >= 11 is 0. The molecule has 0 saturated carbocycles. The van der Waals surface area contributed by atoms with Gasteiger partial charge in [0.25, 0.3) is 0 Å². The molecule has 5 aliphatic rings. The fourth-order valence-electron chi connectivity index (χ4n) is 6.74. The van der Waals surface area contributed by atoms with E-state index in [1.54, 1.807) is 31.2 Å². The van der Waals surface area contributed by atoms with Gasteiger partial charge in [-0.15, -0.1) is 0 Å². The molecule has 5 unspecified atom stereocenters. The lowest BCUT2D eigenvalue weighted by atomic mass is 9.66. The molecule has 7 rings (SSSR count). The van der Waals surface area contributed by atoms with Gasteiger partial charge in [0.15, 0.2) is 35.6 Å². The van der Waals surface area contributed by atoms with E-state index in [1.165, 1.54) is 14.2 Å². The van der Waals surface area contributed by atoms with Crippen LogP contribution < -0.4 is 18.9 Å². The maximum Gasteiger partial charge on any atom is 0.310 e. The van der Waals surface area contributed by atoms with E-state index in [9.17, 15) is 20.1 Å². The van der Waals surface area contributed by atoms with E-state index >= 15 is 0 Å². The standard InChI is InChI=1S/C29H32O13/c1-11-36-9-20-27(40-11)24(31)25(32)29(41-20)42-26-14-7-17-16(38-10-39-17)6-13(14)21(22-15(26)8-37-28(22)33)12-4-18(34-2)23(30)19(5-12)35-3/h4-7,11,15,20-22,24-27,29-32H,8-10H2,1-3H3/t11-,15+,20?,21-,22+,24?,25?,26-,27?,29?/m1/s1. The predicted molar refractivity (Wildman–Crippen MR) is 138 cm³/mol. The smallest absolute Gasteiger partial charge is 0.310 e. The van der Waals surface area contributed by atoms with Gasteiger partial charge in [0, 0.05) is 11.8 Å². The lowest BCUT2D eigenvalue weighted by Crippen LogP contribution is -2.63. The van der Waals surface area contributed by atoms with Crippen LogP contribution in [0, 0.1) is 11.8 Å². The minimum Gasteiger partial charge on any atom is -0.502 e. The highest BCUT2D eigenvalue weighted by Gasteiger charge is 2.56. The molecule has 3 saturated heterocycles. The van der Waals surface area contributed by atoms with E-state index in [4.69, 9.17) is 42.6 Å². The van der Waals surface area contributed by atoms with Crippen LogP contribution in [0.4, 0.5) is 0 Å². The Labute approximate surface area is 240 Å². The Balaban J connectivity index is 1.32. The summed E-state index contributed by atoms with van der Waals surface area (Å²) in [5.74, 6) is -1.02. The number of hydrogen-bond acceptors (Lipinski definition) is 13. The van der Waals surface area contributed by atoms with Gasteiger partial charge in [0.05, 0.1) is 39.5 Å². The van der Waals surface area contributed by atoms with Gasteiger partial charge in [0.1, 0.15) is 24.4 Å². The molecule has 0 amide bonds. The SMILES string of the molecule is COc1cc([C@@H]2c3cc4c(cc3[C@@H](OC3OC5CO[C@@H](C)OC5C(O)C3O)[C@H]3COC(=O)[C@H]23)OCO4)cc(OC)c1O. The average molecular weight is 589 g/mol. The van der Waals surface area contributed by atoms with Crippen molar-refractivity contribution >= 4 is 5.97 Å². The molecule has 0 bridgehead atoms. The molecule has 4 heterocycles. The molecule has 10 atom stereocenters. The summed E-state index contributed by atoms with van der Waals surface area (Å²) in [5.41, 5.74) is 2.01. The third-order valence-corrected chi connectivity index (χ3v) is 8.75. The number of benzene rings is 2. The van der Waals surface area contributed by atoms with Crippen LogP contribution in [0.15, 0.2) is 24.3 Å². The summed E-state index contributed by atoms with van der Waals surface area (Å²) in [7, 11) is 2.86. The summed E-state index contributed by atoms with van der Waals surface area (Å²) in [6, 6.07) is 6.93. The summed E-state index contributed by atoms with van der Waals surface area (Å²) in [6.45, 7) is 1.93. The molecule has 0 spiro atoms. The van der Waals surface area contributed by atoms with Crippen molar-refractivity contribution < 1.29 is 62.7 Å². The van der Waals surface area contributed by atoms with Crippen molar-refractivity contribution in [2.75, 3.05) is 34.2 Å². The van der Waals surface area contributed by atoms with Crippen LogP contribution >= 0.6 is 0 Å². The van der Waals surface area contributed by atoms with Gasteiger partial charge < -0.3 is 58.0 Å². The van der Waals surface area contributed by atoms with Crippen molar-refractivity contribution in [1.29, 1.82) is 0 Å². The highest BCUT2D eigenvalue weighted by atomic mass is 16.8. The molecule has 1 aliphatic carbocycles. The van der Waals surface area contributed by atoms with Crippen molar-refractivity contribution in [2.24, 2.45) is 11.8 Å². The van der Waals surface area contributed by atoms with Crippen molar-refractivity contribution in [2.45, 2.75) is 55.9 Å². The number of carbonyl (C=O) groups excluding carboxylic acids is 1. The second-order valence-corrected chi connectivity index (χ2v) is 11.0. The Kier molecular flexibility index (Phi) is 6.83. The number of aromatic hydroxyl groups is 1. The lowest BCUT2D eigenvalue weighted by Gasteiger charge is -2.47. The van der Waals surface area contributed by atoms with Gasteiger partial charge in [-0.05, 0) is 47.9 Å². The maximum absolute atomic E-state index is 13.4. The molecule has 42 heavy (non-hydrogen) atoms. The number of fused-ring (bicyclic) bond motifs is 4. The van der Waals surface area contributed by atoms with Crippen LogP contribution in [0.3, 0.4) is 0 Å². The Morgan fingerprint density at radius 2 is 1.57 bits per heavy atom. The molecular weight excluding hydrogens is 556 g/mol. The fraction of sp³-hybridized carbons (Fsp3) is 0.552. The lowest BCUT2D eigenvalue weighted by molar-refractivity contribution is -0.364. The van der Waals surface area contributed by atoms with Crippen LogP contribution in [0.5, 0.6) is 28.7 Å². The predicted octanol–water partition coefficient (Wildman–Crippen LogP) is 1.34. The number of phenolic OH excluding ortho intramolecular Hbond substituents is 1. The average Bonchev–Trinajstić information content (AvgIpc) is 3.61. The van der Waals surface area contributed by atoms with Crippen molar-refractivity contribution in [1.82, 2.24) is 0 Å². The van der Waals surface area contributed by atoms with Crippen LogP contribution in [-0.2, 0) is 28.5 Å². The number of cyclic esters (lactones) is 1. The first-order chi connectivity index (χ1) is 20.3. The minimum absolute atomic E-state index is 0.0301. The van der Waals surface area contributed by atoms with E-state index in [2.05, 4.69) is 0 Å². The topological polar surface area (TPSA) is 161 Å². The molecule has 4 aliphatic heterocycles. The summed E-state index contributed by atoms with van der Waals surface area (Å²) in [5, 5.41) is 32.5. The molecule has 13 nitrogen and oxygen atoms in total. The van der Waals surface area contributed by atoms with Crippen molar-refractivity contribution in [3.63, 3.8) is 0 Å². The van der Waals surface area contributed by atoms with Crippen molar-refractivity contribution in [3.8, 4) is 28.7 Å². The number of phenols is 1. The van der Waals surface area contributed by atoms with Crippen LogP contribution in [0.25, 0.3) is 0 Å². The number of carbonyl (C=O) groups is 1. The monoisotopic (exact) mass is 588 g/mol. The van der Waals surface area contributed by atoms with Crippen LogP contribution in [0.1, 0.15) is 35.6 Å². The number of ether oxygens (including phenoxy) is 9. The summed E-state index contributed by atoms with van der Waals surface area (Å²) < 4.78 is 51.5. The Bertz CT molecular complexity index is 1350. The first kappa shape index (κ1) is 27.5. The van der Waals surface area contributed by atoms with Gasteiger partial charge in [-0.2, -0.15) is 0 Å². The molecule has 226 valence electrons. The maximum atomic E-state index is 13.4. The Morgan fingerprint density at radius 3 is 2.26 bits per heavy atom. The first-order valence-electron chi connectivity index (χ1n) is 13.8. The quantitative estimate of drug-likeness (QED) is 0.430. The highest BCUT2D eigenvalue weighted by molar-refractivity contribution is 5.79. The number of rotatable bonds is 5. The minimum atomic E-state index is -1.44. The third kappa shape index (κ3) is 4.26. The summed E-state index contributed by atoms with van der Waals surface area (Å²) in [4.78, 5) is 13.4. The van der Waals surface area contributed by atoms with Gasteiger partial charge in [-0.25, -0.2) is 0 Å². The molecule has 3 fully saturated rings. The Morgan fingerprint density at radius 1 is 0.881 bits per heavy atom. The molecular formula is C29H32O13. The van der Waals surface area contributed by atoms with Gasteiger partial charge in [-0.1, -0.05) is 0 Å². The van der Waals surface area contributed by atoms with Crippen molar-refractivity contribution in [3.05, 3.63) is 41.0 Å². The van der Waals surface area contributed by atoms with Gasteiger partial charge in [0.2, 0.25) is 12.5 Å². The number of aliphatic hydroxyl groups excluding tert-OH is 2. The number of methoxy groups -OCH3 is 2. The molecule has 2 aromatic carbocycles. The van der Waals surface area contributed by atoms with Gasteiger partial charge >= 0.3 is 5.97 Å². The van der Waals surface area contributed by atoms with E-state index in [0.717, 1.165) is 0 Å². The number of hydrogen-bond donors (Lipinski definition) is 3. The zero-order chi connectivity index (χ0) is 29.3. The third-order valence-electron chi connectivity index (χ3n) is 8.75. The fourth-order valence-corrected chi connectivity index (χ4v) is 6.74. The normalized spacial score (nSPS) is 36.5. The highest BCUT2D eigenvalue weighted by Crippen LogP contribution is 2.57. The number of aliphatic hydroxyl groups is 2. The van der Waals surface area contributed by atoms with Crippen LogP contribution in [-0.4, -0.2) is 92.5 Å².